The van der Waals surface area contributed by atoms with Crippen LogP contribution in [0.1, 0.15) is 19.3 Å². The van der Waals surface area contributed by atoms with Gasteiger partial charge in [0.05, 0.1) is 10.9 Å². The molecule has 1 saturated heterocycles. The lowest BCUT2D eigenvalue weighted by Gasteiger charge is -2.13. The maximum Gasteiger partial charge on any atom is 0.243 e. The fourth-order valence-corrected chi connectivity index (χ4v) is 3.26. The molecule has 1 unspecified atom stereocenters. The monoisotopic (exact) mass is 280 g/mol. The number of anilines is 1. The maximum atomic E-state index is 13.3. The van der Waals surface area contributed by atoms with Gasteiger partial charge in [-0.2, -0.15) is 0 Å². The highest BCUT2D eigenvalue weighted by Gasteiger charge is 2.46. The molecule has 1 aromatic rings. The summed E-state index contributed by atoms with van der Waals surface area (Å²) in [6.45, 7) is 0. The number of halogens is 1. The standard InChI is InChI=1S/C13H13FN2O2S/c14-9-5-8(3-4-10(9)15)19-11-6-12(17)16(13(11)18)7-1-2-7/h3-5,7,11H,1-2,6,15H2. The first-order chi connectivity index (χ1) is 9.06. The first-order valence-corrected chi connectivity index (χ1v) is 7.02. The number of nitrogen functional groups attached to an aromatic ring is 1. The molecule has 3 rings (SSSR count). The zero-order valence-corrected chi connectivity index (χ0v) is 11.0. The van der Waals surface area contributed by atoms with Crippen molar-refractivity contribution in [2.24, 2.45) is 0 Å². The molecular formula is C13H13FN2O2S. The molecule has 0 radical (unpaired) electrons. The van der Waals surface area contributed by atoms with Crippen molar-refractivity contribution in [3.63, 3.8) is 0 Å². The highest BCUT2D eigenvalue weighted by Crippen LogP contribution is 2.37. The number of imide groups is 1. The van der Waals surface area contributed by atoms with Gasteiger partial charge in [0.15, 0.2) is 0 Å². The molecule has 2 N–H and O–H groups in total. The first kappa shape index (κ1) is 12.5. The summed E-state index contributed by atoms with van der Waals surface area (Å²) in [7, 11) is 0. The Morgan fingerprint density at radius 2 is 2.05 bits per heavy atom. The minimum Gasteiger partial charge on any atom is -0.396 e. The molecule has 1 saturated carbocycles. The summed E-state index contributed by atoms with van der Waals surface area (Å²) in [4.78, 5) is 25.9. The van der Waals surface area contributed by atoms with E-state index in [2.05, 4.69) is 0 Å². The second kappa shape index (κ2) is 4.52. The van der Waals surface area contributed by atoms with Crippen molar-refractivity contribution in [2.45, 2.75) is 35.4 Å². The van der Waals surface area contributed by atoms with E-state index in [-0.39, 0.29) is 30.0 Å². The Labute approximate surface area is 114 Å². The van der Waals surface area contributed by atoms with Crippen LogP contribution >= 0.6 is 11.8 Å². The molecule has 2 amide bonds. The molecule has 100 valence electrons. The van der Waals surface area contributed by atoms with Crippen LogP contribution in [0.25, 0.3) is 0 Å². The Morgan fingerprint density at radius 3 is 2.68 bits per heavy atom. The zero-order chi connectivity index (χ0) is 13.6. The van der Waals surface area contributed by atoms with Crippen LogP contribution in [-0.4, -0.2) is 28.0 Å². The van der Waals surface area contributed by atoms with Gasteiger partial charge in [0.25, 0.3) is 0 Å². The maximum absolute atomic E-state index is 13.3. The highest BCUT2D eigenvalue weighted by molar-refractivity contribution is 8.00. The van der Waals surface area contributed by atoms with Crippen LogP contribution in [0, 0.1) is 5.82 Å². The van der Waals surface area contributed by atoms with Gasteiger partial charge in [-0.15, -0.1) is 11.8 Å². The van der Waals surface area contributed by atoms with Gasteiger partial charge in [-0.05, 0) is 31.0 Å². The molecule has 19 heavy (non-hydrogen) atoms. The first-order valence-electron chi connectivity index (χ1n) is 6.14. The summed E-state index contributed by atoms with van der Waals surface area (Å²) in [5, 5.41) is -0.434. The third-order valence-electron chi connectivity index (χ3n) is 3.30. The molecule has 0 spiro atoms. The van der Waals surface area contributed by atoms with Crippen LogP contribution in [0.15, 0.2) is 23.1 Å². The number of hydrogen-bond donors (Lipinski definition) is 1. The summed E-state index contributed by atoms with van der Waals surface area (Å²) in [5.41, 5.74) is 5.48. The third-order valence-corrected chi connectivity index (χ3v) is 4.48. The SMILES string of the molecule is Nc1ccc(SC2CC(=O)N(C3CC3)C2=O)cc1F. The predicted octanol–water partition coefficient (Wildman–Crippen LogP) is 1.79. The highest BCUT2D eigenvalue weighted by atomic mass is 32.2. The Kier molecular flexibility index (Phi) is 2.97. The van der Waals surface area contributed by atoms with Crippen LogP contribution in [0.5, 0.6) is 0 Å². The second-order valence-electron chi connectivity index (χ2n) is 4.83. The minimum absolute atomic E-state index is 0.0813. The lowest BCUT2D eigenvalue weighted by atomic mass is 10.3. The van der Waals surface area contributed by atoms with Crippen LogP contribution in [0.3, 0.4) is 0 Å². The Morgan fingerprint density at radius 1 is 1.32 bits per heavy atom. The fraction of sp³-hybridized carbons (Fsp3) is 0.385. The summed E-state index contributed by atoms with van der Waals surface area (Å²) < 4.78 is 13.3. The van der Waals surface area contributed by atoms with E-state index < -0.39 is 11.1 Å². The van der Waals surface area contributed by atoms with Crippen molar-refractivity contribution in [2.75, 3.05) is 5.73 Å². The minimum atomic E-state index is -0.499. The van der Waals surface area contributed by atoms with Gasteiger partial charge in [0.2, 0.25) is 11.8 Å². The van der Waals surface area contributed by atoms with Crippen LogP contribution < -0.4 is 5.73 Å². The van der Waals surface area contributed by atoms with Gasteiger partial charge in [0, 0.05) is 17.4 Å². The van der Waals surface area contributed by atoms with Crippen molar-refractivity contribution in [1.82, 2.24) is 4.90 Å². The van der Waals surface area contributed by atoms with E-state index in [1.165, 1.54) is 28.8 Å². The van der Waals surface area contributed by atoms with E-state index in [1.54, 1.807) is 6.07 Å². The summed E-state index contributed by atoms with van der Waals surface area (Å²) in [6.07, 6.45) is 2.02. The molecule has 0 aromatic heterocycles. The molecule has 1 aliphatic heterocycles. The van der Waals surface area contributed by atoms with Gasteiger partial charge in [-0.25, -0.2) is 4.39 Å². The van der Waals surface area contributed by atoms with Gasteiger partial charge in [-0.3, -0.25) is 14.5 Å². The molecule has 2 fully saturated rings. The Balaban J connectivity index is 1.74. The number of hydrogen-bond acceptors (Lipinski definition) is 4. The molecule has 1 aliphatic carbocycles. The topological polar surface area (TPSA) is 63.4 Å². The lowest BCUT2D eigenvalue weighted by molar-refractivity contribution is -0.138. The normalized spacial score (nSPS) is 23.2. The van der Waals surface area contributed by atoms with E-state index in [4.69, 9.17) is 5.73 Å². The van der Waals surface area contributed by atoms with Crippen LogP contribution in [0.4, 0.5) is 10.1 Å². The number of nitrogens with zero attached hydrogens (tertiary/aromatic N) is 1. The summed E-state index contributed by atoms with van der Waals surface area (Å²) in [6, 6.07) is 4.55. The number of amides is 2. The average Bonchev–Trinajstić information content (AvgIpc) is 3.13. The summed E-state index contributed by atoms with van der Waals surface area (Å²) in [5.74, 6) is -0.753. The lowest BCUT2D eigenvalue weighted by Crippen LogP contribution is -2.33. The fourth-order valence-electron chi connectivity index (χ4n) is 2.18. The number of benzene rings is 1. The van der Waals surface area contributed by atoms with E-state index in [0.29, 0.717) is 4.90 Å². The van der Waals surface area contributed by atoms with E-state index in [1.807, 2.05) is 0 Å². The van der Waals surface area contributed by atoms with Crippen molar-refractivity contribution in [1.29, 1.82) is 0 Å². The smallest absolute Gasteiger partial charge is 0.243 e. The average molecular weight is 280 g/mol. The van der Waals surface area contributed by atoms with Crippen LogP contribution in [0.2, 0.25) is 0 Å². The van der Waals surface area contributed by atoms with E-state index in [0.717, 1.165) is 12.8 Å². The molecule has 1 heterocycles. The Bertz CT molecular complexity index is 560. The van der Waals surface area contributed by atoms with Crippen molar-refractivity contribution in [3.05, 3.63) is 24.0 Å². The van der Waals surface area contributed by atoms with Crippen molar-refractivity contribution >= 4 is 29.3 Å². The molecule has 0 bridgehead atoms. The van der Waals surface area contributed by atoms with Gasteiger partial charge in [0.1, 0.15) is 5.82 Å². The number of carbonyl (C=O) groups is 2. The molecule has 6 heteroatoms. The largest absolute Gasteiger partial charge is 0.396 e. The third kappa shape index (κ3) is 2.32. The number of likely N-dealkylation sites (tertiary alicyclic amines) is 1. The summed E-state index contributed by atoms with van der Waals surface area (Å²) >= 11 is 1.23. The number of carbonyl (C=O) groups excluding carboxylic acids is 2. The molecular weight excluding hydrogens is 267 g/mol. The second-order valence-corrected chi connectivity index (χ2v) is 6.10. The zero-order valence-electron chi connectivity index (χ0n) is 10.1. The quantitative estimate of drug-likeness (QED) is 0.677. The Hall–Kier alpha value is -1.56. The van der Waals surface area contributed by atoms with Crippen molar-refractivity contribution in [3.8, 4) is 0 Å². The number of thioether (sulfide) groups is 1. The molecule has 1 aromatic carbocycles. The van der Waals surface area contributed by atoms with Gasteiger partial charge >= 0.3 is 0 Å². The number of rotatable bonds is 3. The van der Waals surface area contributed by atoms with Crippen molar-refractivity contribution < 1.29 is 14.0 Å². The number of nitrogens with two attached hydrogens (primary N) is 1. The van der Waals surface area contributed by atoms with E-state index >= 15 is 0 Å². The van der Waals surface area contributed by atoms with Gasteiger partial charge in [-0.1, -0.05) is 0 Å². The van der Waals surface area contributed by atoms with Gasteiger partial charge < -0.3 is 5.73 Å². The molecule has 4 nitrogen and oxygen atoms in total. The molecule has 2 aliphatic rings. The molecule has 1 atom stereocenters. The van der Waals surface area contributed by atoms with Crippen LogP contribution in [-0.2, 0) is 9.59 Å². The van der Waals surface area contributed by atoms with E-state index in [9.17, 15) is 14.0 Å². The predicted molar refractivity (Wildman–Crippen MR) is 69.9 cm³/mol.